The summed E-state index contributed by atoms with van der Waals surface area (Å²) in [5.41, 5.74) is 0.413. The maximum Gasteiger partial charge on any atom is 0.478 e. The summed E-state index contributed by atoms with van der Waals surface area (Å²) in [7, 11) is -0.579. The average molecular weight is 649 g/mol. The summed E-state index contributed by atoms with van der Waals surface area (Å²) in [4.78, 5) is 53.0. The topological polar surface area (TPSA) is 135 Å². The van der Waals surface area contributed by atoms with Gasteiger partial charge in [0, 0.05) is 6.42 Å². The number of hydrogen-bond acceptors (Lipinski definition) is 6. The van der Waals surface area contributed by atoms with E-state index in [1.807, 2.05) is 30.3 Å². The number of rotatable bonds is 12. The molecule has 10 nitrogen and oxygen atoms in total. The van der Waals surface area contributed by atoms with Crippen molar-refractivity contribution >= 4 is 30.7 Å². The molecule has 3 aliphatic carbocycles. The molecule has 0 aromatic heterocycles. The molecule has 4 fully saturated rings. The van der Waals surface area contributed by atoms with E-state index < -0.39 is 54.7 Å². The maximum atomic E-state index is 14.3. The number of halogens is 1. The van der Waals surface area contributed by atoms with Crippen LogP contribution in [0.3, 0.4) is 0 Å². The molecule has 2 bridgehead atoms. The number of benzene rings is 2. The van der Waals surface area contributed by atoms with E-state index in [-0.39, 0.29) is 41.5 Å². The largest absolute Gasteiger partial charge is 0.478 e. The van der Waals surface area contributed by atoms with Gasteiger partial charge in [-0.3, -0.25) is 19.2 Å². The molecule has 0 spiro atoms. The van der Waals surface area contributed by atoms with Crippen molar-refractivity contribution in [2.75, 3.05) is 6.44 Å². The van der Waals surface area contributed by atoms with Gasteiger partial charge in [0.2, 0.25) is 17.7 Å². The van der Waals surface area contributed by atoms with Gasteiger partial charge < -0.3 is 30.6 Å². The number of carbonyl (C=O) groups excluding carboxylic acids is 4. The number of carbonyl (C=O) groups is 4. The Hall–Kier alpha value is -3.77. The third-order valence-corrected chi connectivity index (χ3v) is 10.5. The van der Waals surface area contributed by atoms with Crippen LogP contribution in [0.4, 0.5) is 4.39 Å². The van der Waals surface area contributed by atoms with Crippen LogP contribution in [0.15, 0.2) is 54.6 Å². The summed E-state index contributed by atoms with van der Waals surface area (Å²) in [5.74, 6) is -2.41. The number of amides is 4. The third-order valence-electron chi connectivity index (χ3n) is 10.5. The Morgan fingerprint density at radius 1 is 0.894 bits per heavy atom. The van der Waals surface area contributed by atoms with Crippen molar-refractivity contribution < 1.29 is 32.9 Å². The van der Waals surface area contributed by atoms with Crippen molar-refractivity contribution in [3.8, 4) is 0 Å². The fourth-order valence-corrected chi connectivity index (χ4v) is 7.47. The highest BCUT2D eigenvalue weighted by Gasteiger charge is 2.67. The molecule has 252 valence electrons. The second kappa shape index (κ2) is 13.8. The normalized spacial score (nSPS) is 25.9. The summed E-state index contributed by atoms with van der Waals surface area (Å²) in [6.45, 7) is 11.7. The molecule has 4 N–H and O–H groups in total. The Morgan fingerprint density at radius 2 is 1.57 bits per heavy atom. The van der Waals surface area contributed by atoms with Gasteiger partial charge in [0.1, 0.15) is 23.9 Å². The summed E-state index contributed by atoms with van der Waals surface area (Å²) in [5, 5.41) is 10.9. The van der Waals surface area contributed by atoms with E-state index in [1.54, 1.807) is 20.8 Å². The van der Waals surface area contributed by atoms with E-state index in [2.05, 4.69) is 42.0 Å². The zero-order chi connectivity index (χ0) is 34.1. The van der Waals surface area contributed by atoms with Crippen molar-refractivity contribution in [1.29, 1.82) is 0 Å². The van der Waals surface area contributed by atoms with Gasteiger partial charge in [0.25, 0.3) is 5.91 Å². The molecule has 6 rings (SSSR count). The summed E-state index contributed by atoms with van der Waals surface area (Å²) >= 11 is 0. The Bertz CT molecular complexity index is 1490. The molecule has 3 saturated carbocycles. The van der Waals surface area contributed by atoms with Crippen LogP contribution in [0.25, 0.3) is 0 Å². The smallest absolute Gasteiger partial charge is 0.404 e. The summed E-state index contributed by atoms with van der Waals surface area (Å²) < 4.78 is 26.8. The van der Waals surface area contributed by atoms with Crippen molar-refractivity contribution in [3.05, 3.63) is 71.5 Å². The molecular weight excluding hydrogens is 602 g/mol. The summed E-state index contributed by atoms with van der Waals surface area (Å²) in [6.07, 6.45) is 2.34. The number of nitrogens with one attached hydrogen (secondary N) is 4. The minimum Gasteiger partial charge on any atom is -0.404 e. The molecule has 1 heterocycles. The van der Waals surface area contributed by atoms with Crippen LogP contribution in [-0.4, -0.2) is 67.0 Å². The molecule has 12 heteroatoms. The molecule has 2 aromatic rings. The lowest BCUT2D eigenvalue weighted by molar-refractivity contribution is -0.199. The van der Waals surface area contributed by atoms with Gasteiger partial charge in [0.15, 0.2) is 0 Å². The monoisotopic (exact) mass is 648 g/mol. The van der Waals surface area contributed by atoms with Crippen LogP contribution in [0.1, 0.15) is 70.3 Å². The molecule has 4 aliphatic rings. The first-order valence-corrected chi connectivity index (χ1v) is 16.5. The first-order chi connectivity index (χ1) is 22.2. The Labute approximate surface area is 276 Å². The van der Waals surface area contributed by atoms with Crippen LogP contribution in [-0.2, 0) is 30.1 Å². The number of hydrogen-bond donors (Lipinski definition) is 4. The zero-order valence-corrected chi connectivity index (χ0v) is 28.0. The highest BCUT2D eigenvalue weighted by Crippen LogP contribution is 2.65. The second-order valence-electron chi connectivity index (χ2n) is 14.3. The molecular formula is C35H46BFN4O6. The van der Waals surface area contributed by atoms with Crippen molar-refractivity contribution in [2.24, 2.45) is 23.2 Å². The maximum absolute atomic E-state index is 14.3. The minimum atomic E-state index is -1.06. The SMILES string of the molecule is CC(C)[C@H](NC(=O)c1ccccc1F)C(=O)N[C@@H](Cc1ccccc1)C(=O)N[C@@H](C)C(=O)NCB1O[C@@H]2C[C@@H]3C[C@@H](C3(C)C)[C@]2(C)O1. The average Bonchev–Trinajstić information content (AvgIpc) is 3.38. The highest BCUT2D eigenvalue weighted by molar-refractivity contribution is 6.46. The summed E-state index contributed by atoms with van der Waals surface area (Å²) in [6, 6.07) is 11.6. The Kier molecular flexibility index (Phi) is 10.1. The van der Waals surface area contributed by atoms with Gasteiger partial charge in [0.05, 0.1) is 23.7 Å². The van der Waals surface area contributed by atoms with Crippen LogP contribution in [0.2, 0.25) is 0 Å². The van der Waals surface area contributed by atoms with E-state index in [4.69, 9.17) is 9.31 Å². The van der Waals surface area contributed by atoms with Gasteiger partial charge in [-0.25, -0.2) is 4.39 Å². The van der Waals surface area contributed by atoms with Crippen LogP contribution in [0.5, 0.6) is 0 Å². The second-order valence-corrected chi connectivity index (χ2v) is 14.3. The van der Waals surface area contributed by atoms with E-state index in [9.17, 15) is 23.6 Å². The Balaban J connectivity index is 1.19. The molecule has 1 saturated heterocycles. The van der Waals surface area contributed by atoms with Crippen LogP contribution in [0, 0.1) is 29.0 Å². The van der Waals surface area contributed by atoms with Crippen molar-refractivity contribution in [1.82, 2.24) is 21.3 Å². The van der Waals surface area contributed by atoms with Crippen LogP contribution < -0.4 is 21.3 Å². The predicted molar refractivity (Wildman–Crippen MR) is 175 cm³/mol. The fraction of sp³-hybridized carbons (Fsp3) is 0.543. The van der Waals surface area contributed by atoms with Crippen molar-refractivity contribution in [3.63, 3.8) is 0 Å². The van der Waals surface area contributed by atoms with Gasteiger partial charge in [-0.2, -0.15) is 0 Å². The molecule has 47 heavy (non-hydrogen) atoms. The van der Waals surface area contributed by atoms with E-state index >= 15 is 0 Å². The van der Waals surface area contributed by atoms with Gasteiger partial charge in [-0.15, -0.1) is 0 Å². The molecule has 0 unspecified atom stereocenters. The lowest BCUT2D eigenvalue weighted by atomic mass is 9.43. The minimum absolute atomic E-state index is 0.00757. The highest BCUT2D eigenvalue weighted by atomic mass is 19.1. The quantitative estimate of drug-likeness (QED) is 0.261. The predicted octanol–water partition coefficient (Wildman–Crippen LogP) is 3.20. The lowest BCUT2D eigenvalue weighted by Gasteiger charge is -2.64. The fourth-order valence-electron chi connectivity index (χ4n) is 7.47. The molecule has 2 aromatic carbocycles. The molecule has 1 aliphatic heterocycles. The molecule has 0 radical (unpaired) electrons. The standard InChI is InChI=1S/C35H46BFN4O6/c1-20(2)29(41-31(43)24-14-10-11-15-25(24)37)33(45)40-26(16-22-12-8-7-9-13-22)32(44)39-21(3)30(42)38-19-36-46-28-18-23-17-27(34(23,4)5)35(28,6)47-36/h7-15,20-21,23,26-29H,16-19H2,1-6H3,(H,38,42)(H,39,44)(H,40,45)(H,41,43)/t21-,23-,26-,27-,28+,29-,35-/m0/s1. The molecule has 4 amide bonds. The first-order valence-electron chi connectivity index (χ1n) is 16.5. The Morgan fingerprint density at radius 3 is 2.23 bits per heavy atom. The van der Waals surface area contributed by atoms with Gasteiger partial charge in [-0.05, 0) is 67.6 Å². The van der Waals surface area contributed by atoms with E-state index in [0.29, 0.717) is 11.8 Å². The van der Waals surface area contributed by atoms with Gasteiger partial charge >= 0.3 is 7.12 Å². The van der Waals surface area contributed by atoms with Crippen molar-refractivity contribution in [2.45, 2.75) is 90.6 Å². The third kappa shape index (κ3) is 7.23. The van der Waals surface area contributed by atoms with Crippen LogP contribution >= 0.6 is 0 Å². The van der Waals surface area contributed by atoms with Gasteiger partial charge in [-0.1, -0.05) is 70.2 Å². The molecule has 7 atom stereocenters. The zero-order valence-electron chi connectivity index (χ0n) is 28.0. The first kappa shape index (κ1) is 34.6. The lowest BCUT2D eigenvalue weighted by Crippen LogP contribution is -2.65. The van der Waals surface area contributed by atoms with E-state index in [1.165, 1.54) is 24.3 Å². The van der Waals surface area contributed by atoms with E-state index in [0.717, 1.165) is 18.4 Å².